The highest BCUT2D eigenvalue weighted by molar-refractivity contribution is 8.06. The number of rotatable bonds is 4. The summed E-state index contributed by atoms with van der Waals surface area (Å²) < 4.78 is 5.17. The number of aromatic nitrogens is 2. The molecule has 1 aromatic heterocycles. The molecular weight excluding hydrogens is 244 g/mol. The van der Waals surface area contributed by atoms with Gasteiger partial charge in [0, 0.05) is 29.8 Å². The van der Waals surface area contributed by atoms with Crippen molar-refractivity contribution in [3.63, 3.8) is 0 Å². The molecule has 6 heteroatoms. The van der Waals surface area contributed by atoms with Gasteiger partial charge in [-0.1, -0.05) is 12.1 Å². The second-order valence-electron chi connectivity index (χ2n) is 3.74. The van der Waals surface area contributed by atoms with Gasteiger partial charge in [0.15, 0.2) is 5.82 Å². The van der Waals surface area contributed by atoms with E-state index in [9.17, 15) is 0 Å². The summed E-state index contributed by atoms with van der Waals surface area (Å²) in [4.78, 5) is 4.40. The molecule has 1 aliphatic heterocycles. The van der Waals surface area contributed by atoms with Crippen molar-refractivity contribution in [1.82, 2.24) is 10.1 Å². The molecule has 0 radical (unpaired) electrons. The molecule has 0 amide bonds. The van der Waals surface area contributed by atoms with Crippen LogP contribution in [0.2, 0.25) is 0 Å². The quantitative estimate of drug-likeness (QED) is 0.892. The summed E-state index contributed by atoms with van der Waals surface area (Å²) in [5, 5.41) is 13.7. The van der Waals surface area contributed by atoms with E-state index >= 15 is 0 Å². The smallest absolute Gasteiger partial charge is 0.226 e. The molecule has 1 aromatic rings. The Balaban J connectivity index is 1.99. The molecule has 2 atom stereocenters. The second kappa shape index (κ2) is 5.93. The van der Waals surface area contributed by atoms with Gasteiger partial charge in [-0.15, -0.1) is 11.8 Å². The fraction of sp³-hybridized carbons (Fsp3) is 0.800. The fourth-order valence-electron chi connectivity index (χ4n) is 1.63. The van der Waals surface area contributed by atoms with E-state index in [1.807, 2.05) is 23.5 Å². The van der Waals surface area contributed by atoms with Gasteiger partial charge in [-0.05, 0) is 6.42 Å². The van der Waals surface area contributed by atoms with E-state index in [1.165, 1.54) is 5.75 Å². The Labute approximate surface area is 104 Å². The third kappa shape index (κ3) is 2.93. The first-order chi connectivity index (χ1) is 7.81. The Bertz CT molecular complexity index is 332. The Hall–Kier alpha value is -0.200. The molecule has 1 aliphatic rings. The zero-order chi connectivity index (χ0) is 11.4. The van der Waals surface area contributed by atoms with Gasteiger partial charge in [-0.2, -0.15) is 16.7 Å². The van der Waals surface area contributed by atoms with Crippen LogP contribution in [0.4, 0.5) is 0 Å². The van der Waals surface area contributed by atoms with Crippen molar-refractivity contribution in [2.24, 2.45) is 0 Å². The lowest BCUT2D eigenvalue weighted by molar-refractivity contribution is 0.278. The molecule has 2 unspecified atom stereocenters. The summed E-state index contributed by atoms with van der Waals surface area (Å²) in [6.07, 6.45) is 1.35. The molecule has 4 nitrogen and oxygen atoms in total. The molecule has 1 fully saturated rings. The van der Waals surface area contributed by atoms with Crippen molar-refractivity contribution < 1.29 is 9.63 Å². The van der Waals surface area contributed by atoms with E-state index in [2.05, 4.69) is 17.1 Å². The number of aliphatic hydroxyl groups excluding tert-OH is 1. The van der Waals surface area contributed by atoms with Crippen molar-refractivity contribution in [3.8, 4) is 0 Å². The van der Waals surface area contributed by atoms with E-state index in [0.717, 1.165) is 11.6 Å². The minimum absolute atomic E-state index is 0.169. The molecule has 0 saturated carbocycles. The highest BCUT2D eigenvalue weighted by Crippen LogP contribution is 2.41. The van der Waals surface area contributed by atoms with Gasteiger partial charge in [0.2, 0.25) is 5.89 Å². The van der Waals surface area contributed by atoms with Gasteiger partial charge < -0.3 is 9.63 Å². The number of aliphatic hydroxyl groups is 1. The Morgan fingerprint density at radius 2 is 2.25 bits per heavy atom. The van der Waals surface area contributed by atoms with Gasteiger partial charge >= 0.3 is 0 Å². The molecule has 90 valence electrons. The van der Waals surface area contributed by atoms with Crippen LogP contribution in [-0.2, 0) is 6.42 Å². The lowest BCUT2D eigenvalue weighted by atomic mass is 10.3. The van der Waals surface area contributed by atoms with Crippen molar-refractivity contribution in [2.45, 2.75) is 30.3 Å². The van der Waals surface area contributed by atoms with Crippen LogP contribution in [0.3, 0.4) is 0 Å². The lowest BCUT2D eigenvalue weighted by Gasteiger charge is -2.24. The first-order valence-corrected chi connectivity index (χ1v) is 7.57. The average Bonchev–Trinajstić information content (AvgIpc) is 2.75. The standard InChI is InChI=1S/C10H16N2O2S2/c1-7-9(16-6-5-15-7)10-11-8(14-12-10)3-2-4-13/h7,9,13H,2-6H2,1H3. The molecule has 0 bridgehead atoms. The second-order valence-corrected chi connectivity index (χ2v) is 6.48. The Morgan fingerprint density at radius 1 is 1.44 bits per heavy atom. The largest absolute Gasteiger partial charge is 0.396 e. The normalized spacial score (nSPS) is 25.9. The maximum atomic E-state index is 8.73. The van der Waals surface area contributed by atoms with Crippen LogP contribution < -0.4 is 0 Å². The fourth-order valence-corrected chi connectivity index (χ4v) is 4.31. The zero-order valence-electron chi connectivity index (χ0n) is 9.26. The molecule has 0 spiro atoms. The van der Waals surface area contributed by atoms with Gasteiger partial charge in [0.05, 0.1) is 5.25 Å². The Kier molecular flexibility index (Phi) is 4.55. The van der Waals surface area contributed by atoms with Crippen molar-refractivity contribution >= 4 is 23.5 Å². The first kappa shape index (κ1) is 12.3. The van der Waals surface area contributed by atoms with Crippen molar-refractivity contribution in [1.29, 1.82) is 0 Å². The highest BCUT2D eigenvalue weighted by Gasteiger charge is 2.28. The number of thioether (sulfide) groups is 2. The molecule has 16 heavy (non-hydrogen) atoms. The van der Waals surface area contributed by atoms with Crippen LogP contribution in [-0.4, -0.2) is 38.6 Å². The van der Waals surface area contributed by atoms with Crippen LogP contribution >= 0.6 is 23.5 Å². The SMILES string of the molecule is CC1SCCSC1c1noc(CCCO)n1. The summed E-state index contributed by atoms with van der Waals surface area (Å²) in [7, 11) is 0. The van der Waals surface area contributed by atoms with Gasteiger partial charge in [0.25, 0.3) is 0 Å². The van der Waals surface area contributed by atoms with Crippen LogP contribution in [0.1, 0.15) is 30.3 Å². The third-order valence-electron chi connectivity index (χ3n) is 2.47. The van der Waals surface area contributed by atoms with E-state index in [1.54, 1.807) is 0 Å². The molecule has 1 N–H and O–H groups in total. The molecule has 0 aliphatic carbocycles. The summed E-state index contributed by atoms with van der Waals surface area (Å²) in [6, 6.07) is 0. The maximum absolute atomic E-state index is 8.73. The van der Waals surface area contributed by atoms with Crippen molar-refractivity contribution in [2.75, 3.05) is 18.1 Å². The van der Waals surface area contributed by atoms with E-state index in [4.69, 9.17) is 9.63 Å². The molecule has 0 aromatic carbocycles. The topological polar surface area (TPSA) is 59.2 Å². The maximum Gasteiger partial charge on any atom is 0.226 e. The summed E-state index contributed by atoms with van der Waals surface area (Å²) >= 11 is 3.87. The predicted molar refractivity (Wildman–Crippen MR) is 66.8 cm³/mol. The van der Waals surface area contributed by atoms with Crippen LogP contribution in [0, 0.1) is 0 Å². The van der Waals surface area contributed by atoms with E-state index in [-0.39, 0.29) is 6.61 Å². The minimum atomic E-state index is 0.169. The van der Waals surface area contributed by atoms with Gasteiger partial charge in [-0.3, -0.25) is 0 Å². The van der Waals surface area contributed by atoms with Gasteiger partial charge in [0.1, 0.15) is 0 Å². The highest BCUT2D eigenvalue weighted by atomic mass is 32.2. The Morgan fingerprint density at radius 3 is 3.00 bits per heavy atom. The number of aryl methyl sites for hydroxylation is 1. The number of hydrogen-bond donors (Lipinski definition) is 1. The van der Waals surface area contributed by atoms with Crippen LogP contribution in [0.15, 0.2) is 4.52 Å². The molecule has 2 heterocycles. The number of hydrogen-bond acceptors (Lipinski definition) is 6. The third-order valence-corrected chi connectivity index (χ3v) is 5.56. The van der Waals surface area contributed by atoms with Crippen LogP contribution in [0.5, 0.6) is 0 Å². The molecular formula is C10H16N2O2S2. The average molecular weight is 260 g/mol. The minimum Gasteiger partial charge on any atom is -0.396 e. The molecule has 1 saturated heterocycles. The van der Waals surface area contributed by atoms with E-state index in [0.29, 0.717) is 29.2 Å². The van der Waals surface area contributed by atoms with E-state index < -0.39 is 0 Å². The first-order valence-electron chi connectivity index (χ1n) is 5.48. The lowest BCUT2D eigenvalue weighted by Crippen LogP contribution is -2.16. The summed E-state index contributed by atoms with van der Waals surface area (Å²) in [5.41, 5.74) is 0. The number of nitrogens with zero attached hydrogens (tertiary/aromatic N) is 2. The summed E-state index contributed by atoms with van der Waals surface area (Å²) in [6.45, 7) is 2.38. The van der Waals surface area contributed by atoms with Crippen LogP contribution in [0.25, 0.3) is 0 Å². The zero-order valence-corrected chi connectivity index (χ0v) is 10.9. The monoisotopic (exact) mass is 260 g/mol. The summed E-state index contributed by atoms with van der Waals surface area (Å²) in [5.74, 6) is 3.82. The predicted octanol–water partition coefficient (Wildman–Crippen LogP) is 1.90. The van der Waals surface area contributed by atoms with Gasteiger partial charge in [-0.25, -0.2) is 0 Å². The van der Waals surface area contributed by atoms with Crippen molar-refractivity contribution in [3.05, 3.63) is 11.7 Å². The molecule has 2 rings (SSSR count).